The summed E-state index contributed by atoms with van der Waals surface area (Å²) >= 11 is 7.48. The molecule has 2 rings (SSSR count). The van der Waals surface area contributed by atoms with Crippen LogP contribution < -0.4 is 10.5 Å². The van der Waals surface area contributed by atoms with E-state index in [1.807, 2.05) is 12.4 Å². The number of aryl methyl sites for hydroxylation is 1. The number of nitrogen functional groups attached to an aromatic ring is 1. The predicted octanol–water partition coefficient (Wildman–Crippen LogP) is 2.10. The number of nitrogens with two attached hydrogens (primary N) is 1. The molecule has 0 aliphatic carbocycles. The lowest BCUT2D eigenvalue weighted by molar-refractivity contribution is 0.310. The quantitative estimate of drug-likeness (QED) is 0.921. The van der Waals surface area contributed by atoms with Gasteiger partial charge in [0.25, 0.3) is 0 Å². The molecule has 0 amide bonds. The molecule has 5 nitrogen and oxygen atoms in total. The van der Waals surface area contributed by atoms with Gasteiger partial charge in [-0.05, 0) is 6.92 Å². The molecule has 0 spiro atoms. The zero-order chi connectivity index (χ0) is 12.3. The highest BCUT2D eigenvalue weighted by Crippen LogP contribution is 2.21. The highest BCUT2D eigenvalue weighted by atomic mass is 35.5. The molecule has 2 aromatic rings. The summed E-state index contributed by atoms with van der Waals surface area (Å²) in [7, 11) is 0. The monoisotopic (exact) mass is 270 g/mol. The minimum atomic E-state index is 0.151. The van der Waals surface area contributed by atoms with Crippen LogP contribution in [0.15, 0.2) is 11.7 Å². The first-order valence-electron chi connectivity index (χ1n) is 4.96. The summed E-state index contributed by atoms with van der Waals surface area (Å²) in [6, 6.07) is 0. The number of hydrogen-bond acceptors (Lipinski definition) is 6. The second-order valence-corrected chi connectivity index (χ2v) is 4.69. The molecule has 90 valence electrons. The van der Waals surface area contributed by atoms with Crippen molar-refractivity contribution in [3.05, 3.63) is 27.3 Å². The van der Waals surface area contributed by atoms with Gasteiger partial charge in [-0.1, -0.05) is 11.6 Å². The van der Waals surface area contributed by atoms with Crippen LogP contribution in [-0.4, -0.2) is 21.6 Å². The van der Waals surface area contributed by atoms with Gasteiger partial charge in [-0.25, -0.2) is 9.97 Å². The molecule has 2 N–H and O–H groups in total. The van der Waals surface area contributed by atoms with Crippen LogP contribution in [0.4, 0.5) is 5.95 Å². The topological polar surface area (TPSA) is 73.9 Å². The van der Waals surface area contributed by atoms with Gasteiger partial charge in [0.1, 0.15) is 5.02 Å². The number of hydrogen-bond donors (Lipinski definition) is 1. The number of ether oxygens (including phenoxy) is 1. The Bertz CT molecular complexity index is 517. The van der Waals surface area contributed by atoms with Crippen LogP contribution >= 0.6 is 22.9 Å². The fraction of sp³-hybridized carbons (Fsp3) is 0.300. The molecular formula is C10H11ClN4OS. The predicted molar refractivity (Wildman–Crippen MR) is 67.5 cm³/mol. The van der Waals surface area contributed by atoms with E-state index in [0.717, 1.165) is 12.1 Å². The van der Waals surface area contributed by atoms with E-state index in [2.05, 4.69) is 15.0 Å². The number of aromatic nitrogens is 3. The van der Waals surface area contributed by atoms with Gasteiger partial charge in [-0.15, -0.1) is 11.3 Å². The lowest BCUT2D eigenvalue weighted by Crippen LogP contribution is -2.05. The zero-order valence-corrected chi connectivity index (χ0v) is 10.8. The molecule has 2 heterocycles. The van der Waals surface area contributed by atoms with E-state index >= 15 is 0 Å². The maximum atomic E-state index is 5.87. The Labute approximate surface area is 108 Å². The molecular weight excluding hydrogens is 260 g/mol. The van der Waals surface area contributed by atoms with Crippen molar-refractivity contribution in [3.63, 3.8) is 0 Å². The summed E-state index contributed by atoms with van der Waals surface area (Å²) in [5.41, 5.74) is 8.30. The minimum absolute atomic E-state index is 0.151. The summed E-state index contributed by atoms with van der Waals surface area (Å²) in [6.07, 6.45) is 2.20. The molecule has 0 saturated carbocycles. The van der Waals surface area contributed by atoms with Gasteiger partial charge in [-0.3, -0.25) is 0 Å². The van der Waals surface area contributed by atoms with Crippen molar-refractivity contribution in [1.82, 2.24) is 15.0 Å². The molecule has 2 aromatic heterocycles. The lowest BCUT2D eigenvalue weighted by atomic mass is 10.3. The Balaban J connectivity index is 1.94. The summed E-state index contributed by atoms with van der Waals surface area (Å²) in [5.74, 6) is 0.472. The Morgan fingerprint density at radius 2 is 2.29 bits per heavy atom. The van der Waals surface area contributed by atoms with Crippen LogP contribution in [-0.2, 0) is 6.42 Å². The van der Waals surface area contributed by atoms with Crippen molar-refractivity contribution in [3.8, 4) is 5.88 Å². The van der Waals surface area contributed by atoms with Crippen LogP contribution in [0, 0.1) is 6.92 Å². The van der Waals surface area contributed by atoms with Gasteiger partial charge in [0, 0.05) is 11.3 Å². The molecule has 0 atom stereocenters. The van der Waals surface area contributed by atoms with Crippen molar-refractivity contribution >= 4 is 28.9 Å². The Morgan fingerprint density at radius 1 is 1.47 bits per heavy atom. The molecule has 0 fully saturated rings. The summed E-state index contributed by atoms with van der Waals surface area (Å²) < 4.78 is 5.46. The van der Waals surface area contributed by atoms with Crippen molar-refractivity contribution in [2.45, 2.75) is 13.3 Å². The number of halogens is 1. The third kappa shape index (κ3) is 3.04. The fourth-order valence-electron chi connectivity index (χ4n) is 1.27. The van der Waals surface area contributed by atoms with Gasteiger partial charge in [0.15, 0.2) is 0 Å². The summed E-state index contributed by atoms with van der Waals surface area (Å²) in [6.45, 7) is 2.46. The SMILES string of the molecule is Cc1ncsc1CCOc1nc(N)ncc1Cl. The van der Waals surface area contributed by atoms with E-state index in [0.29, 0.717) is 17.5 Å². The van der Waals surface area contributed by atoms with Gasteiger partial charge >= 0.3 is 0 Å². The van der Waals surface area contributed by atoms with Gasteiger partial charge < -0.3 is 10.5 Å². The first-order chi connectivity index (χ1) is 8.16. The molecule has 7 heteroatoms. The molecule has 17 heavy (non-hydrogen) atoms. The molecule has 0 aromatic carbocycles. The van der Waals surface area contributed by atoms with Gasteiger partial charge in [0.05, 0.1) is 24.0 Å². The molecule has 0 unspecified atom stereocenters. The highest BCUT2D eigenvalue weighted by molar-refractivity contribution is 7.09. The molecule has 0 aliphatic rings. The highest BCUT2D eigenvalue weighted by Gasteiger charge is 2.06. The van der Waals surface area contributed by atoms with Crippen LogP contribution in [0.2, 0.25) is 5.02 Å². The minimum Gasteiger partial charge on any atom is -0.476 e. The van der Waals surface area contributed by atoms with Crippen LogP contribution in [0.1, 0.15) is 10.6 Å². The smallest absolute Gasteiger partial charge is 0.237 e. The second-order valence-electron chi connectivity index (χ2n) is 3.34. The zero-order valence-electron chi connectivity index (χ0n) is 9.18. The van der Waals surface area contributed by atoms with Crippen molar-refractivity contribution in [1.29, 1.82) is 0 Å². The van der Waals surface area contributed by atoms with Crippen molar-refractivity contribution in [2.75, 3.05) is 12.3 Å². The largest absolute Gasteiger partial charge is 0.476 e. The Hall–Kier alpha value is -1.40. The molecule has 0 radical (unpaired) electrons. The molecule has 0 bridgehead atoms. The normalized spacial score (nSPS) is 10.5. The first kappa shape index (κ1) is 12.1. The third-order valence-corrected chi connectivity index (χ3v) is 3.40. The third-order valence-electron chi connectivity index (χ3n) is 2.14. The van der Waals surface area contributed by atoms with Gasteiger partial charge in [-0.2, -0.15) is 4.98 Å². The fourth-order valence-corrected chi connectivity index (χ4v) is 2.18. The number of anilines is 1. The van der Waals surface area contributed by atoms with Crippen LogP contribution in [0.3, 0.4) is 0 Å². The number of thiazole rings is 1. The second kappa shape index (κ2) is 5.29. The van der Waals surface area contributed by atoms with E-state index in [9.17, 15) is 0 Å². The molecule has 0 saturated heterocycles. The van der Waals surface area contributed by atoms with Crippen molar-refractivity contribution < 1.29 is 4.74 Å². The Kier molecular flexibility index (Phi) is 3.75. The first-order valence-corrected chi connectivity index (χ1v) is 6.22. The van der Waals surface area contributed by atoms with Gasteiger partial charge in [0.2, 0.25) is 11.8 Å². The lowest BCUT2D eigenvalue weighted by Gasteiger charge is -2.06. The van der Waals surface area contributed by atoms with E-state index in [1.54, 1.807) is 11.3 Å². The van der Waals surface area contributed by atoms with E-state index < -0.39 is 0 Å². The van der Waals surface area contributed by atoms with E-state index in [4.69, 9.17) is 22.1 Å². The summed E-state index contributed by atoms with van der Waals surface area (Å²) in [4.78, 5) is 13.0. The van der Waals surface area contributed by atoms with E-state index in [-0.39, 0.29) is 5.95 Å². The molecule has 0 aliphatic heterocycles. The van der Waals surface area contributed by atoms with Crippen LogP contribution in [0.5, 0.6) is 5.88 Å². The summed E-state index contributed by atoms with van der Waals surface area (Å²) in [5, 5.41) is 0.361. The average molecular weight is 271 g/mol. The number of rotatable bonds is 4. The standard InChI is InChI=1S/C10H11ClN4OS/c1-6-8(17-5-14-6)2-3-16-9-7(11)4-13-10(12)15-9/h4-5H,2-3H2,1H3,(H2,12,13,15). The van der Waals surface area contributed by atoms with E-state index in [1.165, 1.54) is 11.1 Å². The Morgan fingerprint density at radius 3 is 3.00 bits per heavy atom. The number of nitrogens with zero attached hydrogens (tertiary/aromatic N) is 3. The maximum absolute atomic E-state index is 5.87. The van der Waals surface area contributed by atoms with Crippen molar-refractivity contribution in [2.24, 2.45) is 0 Å². The average Bonchev–Trinajstić information content (AvgIpc) is 2.70. The maximum Gasteiger partial charge on any atom is 0.237 e. The van der Waals surface area contributed by atoms with Crippen LogP contribution in [0.25, 0.3) is 0 Å².